The van der Waals surface area contributed by atoms with E-state index in [1.54, 1.807) is 0 Å². The average Bonchev–Trinajstić information content (AvgIpc) is 2.75. The molecule has 2 aliphatic rings. The monoisotopic (exact) mass is 184 g/mol. The fourth-order valence-electron chi connectivity index (χ4n) is 2.33. The van der Waals surface area contributed by atoms with Gasteiger partial charge in [-0.1, -0.05) is 6.92 Å². The van der Waals surface area contributed by atoms with E-state index in [0.29, 0.717) is 6.10 Å². The van der Waals surface area contributed by atoms with Crippen molar-refractivity contribution < 1.29 is 4.74 Å². The minimum absolute atomic E-state index is 0.549. The van der Waals surface area contributed by atoms with Crippen LogP contribution in [-0.4, -0.2) is 62.3 Å². The highest BCUT2D eigenvalue weighted by Gasteiger charge is 2.34. The first-order valence-electron chi connectivity index (χ1n) is 5.17. The largest absolute Gasteiger partial charge is 0.372 e. The van der Waals surface area contributed by atoms with Crippen molar-refractivity contribution in [2.75, 3.05) is 40.3 Å². The van der Waals surface area contributed by atoms with E-state index in [4.69, 9.17) is 4.74 Å². The number of hydrogen-bond donors (Lipinski definition) is 0. The second-order valence-electron chi connectivity index (χ2n) is 4.68. The molecule has 3 atom stereocenters. The van der Waals surface area contributed by atoms with Gasteiger partial charge in [0.05, 0.1) is 12.7 Å². The number of rotatable bonds is 3. The Morgan fingerprint density at radius 1 is 1.38 bits per heavy atom. The third-order valence-electron chi connectivity index (χ3n) is 3.18. The molecular weight excluding hydrogens is 164 g/mol. The minimum atomic E-state index is 0.549. The highest BCUT2D eigenvalue weighted by atomic mass is 16.6. The zero-order valence-electron chi connectivity index (χ0n) is 8.86. The Morgan fingerprint density at radius 2 is 2.08 bits per heavy atom. The first kappa shape index (κ1) is 9.44. The van der Waals surface area contributed by atoms with Crippen LogP contribution in [0, 0.1) is 5.92 Å². The lowest BCUT2D eigenvalue weighted by atomic mass is 10.1. The zero-order valence-corrected chi connectivity index (χ0v) is 8.86. The van der Waals surface area contributed by atoms with Crippen LogP contribution in [0.2, 0.25) is 0 Å². The van der Waals surface area contributed by atoms with Crippen LogP contribution >= 0.6 is 0 Å². The summed E-state index contributed by atoms with van der Waals surface area (Å²) in [6.45, 7) is 6.93. The van der Waals surface area contributed by atoms with E-state index in [2.05, 4.69) is 30.8 Å². The SMILES string of the molecule is CC1CN(CC2CO2)CC1N(C)C. The van der Waals surface area contributed by atoms with Crippen LogP contribution in [0.1, 0.15) is 6.92 Å². The van der Waals surface area contributed by atoms with Gasteiger partial charge in [-0.15, -0.1) is 0 Å². The molecule has 0 amide bonds. The Labute approximate surface area is 80.6 Å². The van der Waals surface area contributed by atoms with Crippen LogP contribution in [-0.2, 0) is 4.74 Å². The van der Waals surface area contributed by atoms with Crippen molar-refractivity contribution in [3.05, 3.63) is 0 Å². The van der Waals surface area contributed by atoms with Crippen molar-refractivity contribution in [1.29, 1.82) is 0 Å². The Balaban J connectivity index is 1.82. The molecule has 0 bridgehead atoms. The smallest absolute Gasteiger partial charge is 0.0936 e. The predicted molar refractivity (Wildman–Crippen MR) is 52.8 cm³/mol. The summed E-state index contributed by atoms with van der Waals surface area (Å²) in [7, 11) is 4.36. The maximum absolute atomic E-state index is 5.25. The maximum Gasteiger partial charge on any atom is 0.0936 e. The Bertz CT molecular complexity index is 180. The molecule has 2 heterocycles. The highest BCUT2D eigenvalue weighted by Crippen LogP contribution is 2.22. The molecule has 0 N–H and O–H groups in total. The number of hydrogen-bond acceptors (Lipinski definition) is 3. The quantitative estimate of drug-likeness (QED) is 0.587. The summed E-state index contributed by atoms with van der Waals surface area (Å²) in [6, 6.07) is 0.735. The molecule has 0 aliphatic carbocycles. The van der Waals surface area contributed by atoms with Crippen molar-refractivity contribution in [3.8, 4) is 0 Å². The van der Waals surface area contributed by atoms with Gasteiger partial charge in [-0.2, -0.15) is 0 Å². The number of ether oxygens (including phenoxy) is 1. The van der Waals surface area contributed by atoms with Crippen molar-refractivity contribution >= 4 is 0 Å². The van der Waals surface area contributed by atoms with Crippen molar-refractivity contribution in [3.63, 3.8) is 0 Å². The first-order valence-corrected chi connectivity index (χ1v) is 5.17. The van der Waals surface area contributed by atoms with Crippen LogP contribution in [0.5, 0.6) is 0 Å². The third-order valence-corrected chi connectivity index (χ3v) is 3.18. The van der Waals surface area contributed by atoms with Crippen LogP contribution in [0.25, 0.3) is 0 Å². The first-order chi connectivity index (χ1) is 6.16. The molecule has 2 aliphatic heterocycles. The fraction of sp³-hybridized carbons (Fsp3) is 1.00. The topological polar surface area (TPSA) is 19.0 Å². The second kappa shape index (κ2) is 3.56. The Kier molecular flexibility index (Phi) is 2.58. The molecule has 2 rings (SSSR count). The molecule has 0 aromatic carbocycles. The molecule has 3 nitrogen and oxygen atoms in total. The summed E-state index contributed by atoms with van der Waals surface area (Å²) in [5, 5.41) is 0. The van der Waals surface area contributed by atoms with Gasteiger partial charge in [-0.05, 0) is 20.0 Å². The molecule has 0 saturated carbocycles. The summed E-state index contributed by atoms with van der Waals surface area (Å²) in [6.07, 6.45) is 0.549. The van der Waals surface area contributed by atoms with Crippen LogP contribution in [0.15, 0.2) is 0 Å². The van der Waals surface area contributed by atoms with Gasteiger partial charge in [0.25, 0.3) is 0 Å². The summed E-state index contributed by atoms with van der Waals surface area (Å²) in [5.74, 6) is 0.800. The molecule has 3 heteroatoms. The molecule has 76 valence electrons. The molecule has 0 radical (unpaired) electrons. The lowest BCUT2D eigenvalue weighted by Gasteiger charge is -2.22. The number of epoxide rings is 1. The normalized spacial score (nSPS) is 40.2. The van der Waals surface area contributed by atoms with E-state index < -0.39 is 0 Å². The van der Waals surface area contributed by atoms with Gasteiger partial charge in [-0.3, -0.25) is 4.90 Å². The molecule has 2 fully saturated rings. The van der Waals surface area contributed by atoms with Gasteiger partial charge in [0.15, 0.2) is 0 Å². The average molecular weight is 184 g/mol. The van der Waals surface area contributed by atoms with Gasteiger partial charge in [0.2, 0.25) is 0 Å². The fourth-order valence-corrected chi connectivity index (χ4v) is 2.33. The summed E-state index contributed by atoms with van der Waals surface area (Å²) in [4.78, 5) is 4.88. The van der Waals surface area contributed by atoms with Crippen molar-refractivity contribution in [1.82, 2.24) is 9.80 Å². The molecule has 2 saturated heterocycles. The molecule has 13 heavy (non-hydrogen) atoms. The summed E-state index contributed by atoms with van der Waals surface area (Å²) < 4.78 is 5.25. The lowest BCUT2D eigenvalue weighted by Crippen LogP contribution is -2.34. The van der Waals surface area contributed by atoms with Gasteiger partial charge in [0.1, 0.15) is 0 Å². The van der Waals surface area contributed by atoms with E-state index in [-0.39, 0.29) is 0 Å². The number of likely N-dealkylation sites (tertiary alicyclic amines) is 1. The van der Waals surface area contributed by atoms with Gasteiger partial charge >= 0.3 is 0 Å². The van der Waals surface area contributed by atoms with E-state index in [1.807, 2.05) is 0 Å². The molecule has 0 aromatic rings. The Morgan fingerprint density at radius 3 is 2.54 bits per heavy atom. The van der Waals surface area contributed by atoms with E-state index in [0.717, 1.165) is 25.1 Å². The van der Waals surface area contributed by atoms with Crippen molar-refractivity contribution in [2.45, 2.75) is 19.1 Å². The summed E-state index contributed by atoms with van der Waals surface area (Å²) >= 11 is 0. The number of likely N-dealkylation sites (N-methyl/N-ethyl adjacent to an activating group) is 1. The zero-order chi connectivity index (χ0) is 9.42. The van der Waals surface area contributed by atoms with Crippen molar-refractivity contribution in [2.24, 2.45) is 5.92 Å². The number of nitrogens with zero attached hydrogens (tertiary/aromatic N) is 2. The Hall–Kier alpha value is -0.120. The van der Waals surface area contributed by atoms with E-state index in [9.17, 15) is 0 Å². The lowest BCUT2D eigenvalue weighted by molar-refractivity contribution is 0.243. The molecular formula is C10H20N2O. The minimum Gasteiger partial charge on any atom is -0.372 e. The molecule has 0 spiro atoms. The van der Waals surface area contributed by atoms with Crippen LogP contribution < -0.4 is 0 Å². The standard InChI is InChI=1S/C10H20N2O/c1-8-4-12(5-9-7-13-9)6-10(8)11(2)3/h8-10H,4-7H2,1-3H3. The third kappa shape index (κ3) is 2.22. The van der Waals surface area contributed by atoms with Gasteiger partial charge in [0, 0.05) is 25.7 Å². The van der Waals surface area contributed by atoms with Crippen LogP contribution in [0.3, 0.4) is 0 Å². The van der Waals surface area contributed by atoms with Gasteiger partial charge < -0.3 is 9.64 Å². The second-order valence-corrected chi connectivity index (χ2v) is 4.68. The predicted octanol–water partition coefficient (Wildman–Crippen LogP) is 0.267. The molecule has 3 unspecified atom stereocenters. The van der Waals surface area contributed by atoms with E-state index >= 15 is 0 Å². The van der Waals surface area contributed by atoms with E-state index in [1.165, 1.54) is 13.1 Å². The maximum atomic E-state index is 5.25. The molecule has 0 aromatic heterocycles. The van der Waals surface area contributed by atoms with Crippen LogP contribution in [0.4, 0.5) is 0 Å². The summed E-state index contributed by atoms with van der Waals surface area (Å²) in [5.41, 5.74) is 0. The van der Waals surface area contributed by atoms with Gasteiger partial charge in [-0.25, -0.2) is 0 Å². The highest BCUT2D eigenvalue weighted by molar-refractivity contribution is 4.88.